The second kappa shape index (κ2) is 7.19. The van der Waals surface area contributed by atoms with Gasteiger partial charge in [-0.1, -0.05) is 24.3 Å². The van der Waals surface area contributed by atoms with Crippen molar-refractivity contribution in [1.29, 1.82) is 0 Å². The van der Waals surface area contributed by atoms with Crippen LogP contribution >= 0.6 is 0 Å². The lowest BCUT2D eigenvalue weighted by atomic mass is 9.82. The summed E-state index contributed by atoms with van der Waals surface area (Å²) in [7, 11) is 1.90. The van der Waals surface area contributed by atoms with E-state index in [1.807, 2.05) is 16.5 Å². The molecule has 1 atom stereocenters. The van der Waals surface area contributed by atoms with Gasteiger partial charge in [0.25, 0.3) is 0 Å². The molecule has 2 aliphatic rings. The van der Waals surface area contributed by atoms with Gasteiger partial charge in [-0.15, -0.1) is 10.2 Å². The highest BCUT2D eigenvalue weighted by molar-refractivity contribution is 5.79. The number of fused-ring (bicyclic) bond motifs is 1. The smallest absolute Gasteiger partial charge is 0.226 e. The summed E-state index contributed by atoms with van der Waals surface area (Å²) in [6, 6.07) is 8.50. The Bertz CT molecular complexity index is 793. The van der Waals surface area contributed by atoms with Crippen LogP contribution in [0.4, 0.5) is 0 Å². The highest BCUT2D eigenvalue weighted by Gasteiger charge is 2.32. The van der Waals surface area contributed by atoms with Gasteiger partial charge < -0.3 is 14.6 Å². The SMILES string of the molecule is Cn1c(CO)nnc1C1CCN(C(=O)[C@@H]2CCc3ccccc3C2)CC1. The van der Waals surface area contributed by atoms with Crippen LogP contribution in [0.25, 0.3) is 0 Å². The number of rotatable bonds is 3. The fraction of sp³-hybridized carbons (Fsp3) is 0.550. The van der Waals surface area contributed by atoms with Gasteiger partial charge in [0, 0.05) is 32.0 Å². The van der Waals surface area contributed by atoms with Crippen LogP contribution < -0.4 is 0 Å². The second-order valence-electron chi connectivity index (χ2n) is 7.50. The Morgan fingerprint density at radius 2 is 1.88 bits per heavy atom. The molecule has 0 unspecified atom stereocenters. The number of aliphatic hydroxyl groups is 1. The zero-order chi connectivity index (χ0) is 18.1. The van der Waals surface area contributed by atoms with Crippen molar-refractivity contribution in [3.8, 4) is 0 Å². The Morgan fingerprint density at radius 3 is 2.58 bits per heavy atom. The first kappa shape index (κ1) is 17.2. The number of hydrogen-bond donors (Lipinski definition) is 1. The Kier molecular flexibility index (Phi) is 4.76. The maximum atomic E-state index is 13.0. The number of benzene rings is 1. The quantitative estimate of drug-likeness (QED) is 0.913. The summed E-state index contributed by atoms with van der Waals surface area (Å²) in [6.45, 7) is 1.47. The molecule has 138 valence electrons. The lowest BCUT2D eigenvalue weighted by molar-refractivity contribution is -0.137. The van der Waals surface area contributed by atoms with E-state index in [2.05, 4.69) is 34.5 Å². The van der Waals surface area contributed by atoms with Crippen LogP contribution in [-0.4, -0.2) is 43.8 Å². The summed E-state index contributed by atoms with van der Waals surface area (Å²) in [5.74, 6) is 2.26. The van der Waals surface area contributed by atoms with Crippen LogP contribution in [0.1, 0.15) is 48.0 Å². The number of amides is 1. The van der Waals surface area contributed by atoms with E-state index in [1.165, 1.54) is 11.1 Å². The van der Waals surface area contributed by atoms with Crippen LogP contribution in [0.2, 0.25) is 0 Å². The van der Waals surface area contributed by atoms with Gasteiger partial charge in [-0.3, -0.25) is 4.79 Å². The minimum atomic E-state index is -0.0933. The second-order valence-corrected chi connectivity index (χ2v) is 7.50. The largest absolute Gasteiger partial charge is 0.388 e. The van der Waals surface area contributed by atoms with Gasteiger partial charge in [-0.2, -0.15) is 0 Å². The molecule has 0 saturated carbocycles. The summed E-state index contributed by atoms with van der Waals surface area (Å²) in [5, 5.41) is 17.6. The van der Waals surface area contributed by atoms with E-state index in [1.54, 1.807) is 0 Å². The number of nitrogens with zero attached hydrogens (tertiary/aromatic N) is 4. The maximum absolute atomic E-state index is 13.0. The number of piperidine rings is 1. The fourth-order valence-corrected chi connectivity index (χ4v) is 4.39. The van der Waals surface area contributed by atoms with Crippen molar-refractivity contribution < 1.29 is 9.90 Å². The molecule has 1 aromatic carbocycles. The Morgan fingerprint density at radius 1 is 1.15 bits per heavy atom. The van der Waals surface area contributed by atoms with E-state index in [0.717, 1.165) is 51.0 Å². The molecule has 1 N–H and O–H groups in total. The molecule has 1 aliphatic carbocycles. The summed E-state index contributed by atoms with van der Waals surface area (Å²) in [5.41, 5.74) is 2.74. The number of carbonyl (C=O) groups excluding carboxylic acids is 1. The fourth-order valence-electron chi connectivity index (χ4n) is 4.39. The van der Waals surface area contributed by atoms with E-state index in [0.29, 0.717) is 17.6 Å². The predicted octanol–water partition coefficient (Wildman–Crippen LogP) is 1.82. The van der Waals surface area contributed by atoms with Crippen molar-refractivity contribution >= 4 is 5.91 Å². The van der Waals surface area contributed by atoms with Crippen molar-refractivity contribution in [2.45, 2.75) is 44.6 Å². The van der Waals surface area contributed by atoms with Crippen molar-refractivity contribution in [2.75, 3.05) is 13.1 Å². The molecular weight excluding hydrogens is 328 g/mol. The maximum Gasteiger partial charge on any atom is 0.226 e. The minimum Gasteiger partial charge on any atom is -0.388 e. The van der Waals surface area contributed by atoms with Crippen molar-refractivity contribution in [3.63, 3.8) is 0 Å². The summed E-state index contributed by atoms with van der Waals surface area (Å²) in [6.07, 6.45) is 4.65. The molecule has 26 heavy (non-hydrogen) atoms. The third-order valence-corrected chi connectivity index (χ3v) is 6.01. The van der Waals surface area contributed by atoms with Crippen molar-refractivity contribution in [3.05, 3.63) is 47.0 Å². The van der Waals surface area contributed by atoms with Crippen molar-refractivity contribution in [2.24, 2.45) is 13.0 Å². The number of carbonyl (C=O) groups is 1. The van der Waals surface area contributed by atoms with Crippen LogP contribution in [0, 0.1) is 5.92 Å². The van der Waals surface area contributed by atoms with Crippen LogP contribution in [0.5, 0.6) is 0 Å². The van der Waals surface area contributed by atoms with Gasteiger partial charge in [-0.05, 0) is 43.2 Å². The molecule has 1 aromatic heterocycles. The first-order chi connectivity index (χ1) is 12.7. The van der Waals surface area contributed by atoms with Gasteiger partial charge in [0.2, 0.25) is 5.91 Å². The molecule has 2 heterocycles. The number of hydrogen-bond acceptors (Lipinski definition) is 4. The van der Waals surface area contributed by atoms with Crippen LogP contribution in [-0.2, 0) is 31.3 Å². The molecule has 1 saturated heterocycles. The van der Waals surface area contributed by atoms with Crippen LogP contribution in [0.3, 0.4) is 0 Å². The molecule has 4 rings (SSSR count). The summed E-state index contributed by atoms with van der Waals surface area (Å²) >= 11 is 0. The van der Waals surface area contributed by atoms with Gasteiger partial charge in [0.05, 0.1) is 0 Å². The Balaban J connectivity index is 1.37. The highest BCUT2D eigenvalue weighted by atomic mass is 16.3. The molecule has 1 amide bonds. The van der Waals surface area contributed by atoms with Gasteiger partial charge in [0.1, 0.15) is 12.4 Å². The molecule has 0 bridgehead atoms. The van der Waals surface area contributed by atoms with Crippen LogP contribution in [0.15, 0.2) is 24.3 Å². The summed E-state index contributed by atoms with van der Waals surface area (Å²) in [4.78, 5) is 15.0. The topological polar surface area (TPSA) is 71.2 Å². The minimum absolute atomic E-state index is 0.0933. The van der Waals surface area contributed by atoms with E-state index < -0.39 is 0 Å². The Hall–Kier alpha value is -2.21. The molecule has 1 fully saturated rings. The molecule has 6 heteroatoms. The van der Waals surface area contributed by atoms with E-state index in [9.17, 15) is 9.90 Å². The molecule has 1 aliphatic heterocycles. The lowest BCUT2D eigenvalue weighted by Crippen LogP contribution is -2.43. The predicted molar refractivity (Wildman–Crippen MR) is 97.4 cm³/mol. The summed E-state index contributed by atoms with van der Waals surface area (Å²) < 4.78 is 1.89. The van der Waals surface area contributed by atoms with E-state index in [-0.39, 0.29) is 12.5 Å². The normalized spacial score (nSPS) is 20.8. The monoisotopic (exact) mass is 354 g/mol. The molecule has 2 aromatic rings. The average molecular weight is 354 g/mol. The number of aromatic nitrogens is 3. The average Bonchev–Trinajstić information content (AvgIpc) is 3.07. The zero-order valence-corrected chi connectivity index (χ0v) is 15.3. The lowest BCUT2D eigenvalue weighted by Gasteiger charge is -2.35. The Labute approximate surface area is 153 Å². The molecule has 0 radical (unpaired) electrons. The number of likely N-dealkylation sites (tertiary alicyclic amines) is 1. The third-order valence-electron chi connectivity index (χ3n) is 6.01. The standard InChI is InChI=1S/C20H26N4O2/c1-23-18(13-25)21-22-19(23)15-8-10-24(11-9-15)20(26)17-7-6-14-4-2-3-5-16(14)12-17/h2-5,15,17,25H,6-13H2,1H3/t17-/m1/s1. The van der Waals surface area contributed by atoms with Crippen molar-refractivity contribution in [1.82, 2.24) is 19.7 Å². The first-order valence-electron chi connectivity index (χ1n) is 9.52. The highest BCUT2D eigenvalue weighted by Crippen LogP contribution is 2.31. The number of aliphatic hydroxyl groups excluding tert-OH is 1. The van der Waals surface area contributed by atoms with E-state index in [4.69, 9.17) is 0 Å². The molecule has 0 spiro atoms. The van der Waals surface area contributed by atoms with Gasteiger partial charge in [0.15, 0.2) is 5.82 Å². The van der Waals surface area contributed by atoms with E-state index >= 15 is 0 Å². The molecular formula is C20H26N4O2. The van der Waals surface area contributed by atoms with Gasteiger partial charge >= 0.3 is 0 Å². The number of aryl methyl sites for hydroxylation is 1. The first-order valence-corrected chi connectivity index (χ1v) is 9.52. The van der Waals surface area contributed by atoms with Gasteiger partial charge in [-0.25, -0.2) is 0 Å². The third kappa shape index (κ3) is 3.14. The molecule has 6 nitrogen and oxygen atoms in total. The zero-order valence-electron chi connectivity index (χ0n) is 15.3.